The number of nitrogens with zero attached hydrogens (tertiary/aromatic N) is 1. The first-order chi connectivity index (χ1) is 11.2. The summed E-state index contributed by atoms with van der Waals surface area (Å²) in [5, 5.41) is 2.98. The molecule has 1 unspecified atom stereocenters. The lowest BCUT2D eigenvalue weighted by atomic mass is 10.0. The van der Waals surface area contributed by atoms with E-state index in [0.717, 1.165) is 31.4 Å². The van der Waals surface area contributed by atoms with Crippen LogP contribution in [0.3, 0.4) is 0 Å². The number of rotatable bonds is 4. The zero-order valence-corrected chi connectivity index (χ0v) is 13.0. The van der Waals surface area contributed by atoms with Gasteiger partial charge in [0, 0.05) is 13.1 Å². The minimum Gasteiger partial charge on any atom is -0.338 e. The van der Waals surface area contributed by atoms with Crippen LogP contribution in [-0.4, -0.2) is 24.0 Å². The van der Waals surface area contributed by atoms with Crippen LogP contribution in [0.2, 0.25) is 0 Å². The van der Waals surface area contributed by atoms with Gasteiger partial charge >= 0.3 is 6.03 Å². The Hall–Kier alpha value is -2.36. The number of amides is 2. The lowest BCUT2D eigenvalue weighted by Gasteiger charge is -2.25. The zero-order chi connectivity index (χ0) is 16.1. The summed E-state index contributed by atoms with van der Waals surface area (Å²) in [4.78, 5) is 14.2. The summed E-state index contributed by atoms with van der Waals surface area (Å²) in [5.74, 6) is -0.251. The molecule has 1 fully saturated rings. The van der Waals surface area contributed by atoms with Gasteiger partial charge in [-0.2, -0.15) is 0 Å². The summed E-state index contributed by atoms with van der Waals surface area (Å²) in [5.41, 5.74) is 2.08. The molecule has 0 aliphatic carbocycles. The molecule has 0 saturated carbocycles. The topological polar surface area (TPSA) is 32.3 Å². The van der Waals surface area contributed by atoms with Crippen LogP contribution >= 0.6 is 0 Å². The summed E-state index contributed by atoms with van der Waals surface area (Å²) >= 11 is 0. The molecule has 1 aliphatic heterocycles. The zero-order valence-electron chi connectivity index (χ0n) is 13.0. The van der Waals surface area contributed by atoms with Gasteiger partial charge < -0.3 is 10.2 Å². The monoisotopic (exact) mass is 312 g/mol. The van der Waals surface area contributed by atoms with Gasteiger partial charge in [0.2, 0.25) is 0 Å². The van der Waals surface area contributed by atoms with E-state index in [-0.39, 0.29) is 17.9 Å². The molecule has 2 aromatic carbocycles. The third-order valence-corrected chi connectivity index (χ3v) is 4.28. The molecule has 3 nitrogen and oxygen atoms in total. The Balaban J connectivity index is 1.58. The predicted octanol–water partition coefficient (Wildman–Crippen LogP) is 3.91. The van der Waals surface area contributed by atoms with Crippen molar-refractivity contribution in [2.24, 2.45) is 0 Å². The van der Waals surface area contributed by atoms with Gasteiger partial charge in [-0.1, -0.05) is 42.5 Å². The standard InChI is InChI=1S/C19H21FN2O/c20-17-9-4-8-16(14-17)18-10-5-13-22(18)19(23)21-12-11-15-6-2-1-3-7-15/h1-4,6-9,14,18H,5,10-13H2,(H,21,23). The molecule has 4 heteroatoms. The Morgan fingerprint density at radius 1 is 1.17 bits per heavy atom. The number of carbonyl (C=O) groups excluding carboxylic acids is 1. The van der Waals surface area contributed by atoms with E-state index < -0.39 is 0 Å². The fourth-order valence-corrected chi connectivity index (χ4v) is 3.13. The number of nitrogens with one attached hydrogen (secondary N) is 1. The van der Waals surface area contributed by atoms with Gasteiger partial charge in [0.05, 0.1) is 6.04 Å². The Kier molecular flexibility index (Phi) is 4.91. The van der Waals surface area contributed by atoms with E-state index in [9.17, 15) is 9.18 Å². The van der Waals surface area contributed by atoms with E-state index in [1.165, 1.54) is 17.7 Å². The number of benzene rings is 2. The lowest BCUT2D eigenvalue weighted by molar-refractivity contribution is 0.193. The Bertz CT molecular complexity index is 659. The van der Waals surface area contributed by atoms with Crippen molar-refractivity contribution in [1.29, 1.82) is 0 Å². The van der Waals surface area contributed by atoms with Gasteiger partial charge in [-0.05, 0) is 42.5 Å². The normalized spacial score (nSPS) is 17.3. The molecular weight excluding hydrogens is 291 g/mol. The van der Waals surface area contributed by atoms with E-state index in [2.05, 4.69) is 17.4 Å². The summed E-state index contributed by atoms with van der Waals surface area (Å²) in [6.45, 7) is 1.33. The second kappa shape index (κ2) is 7.27. The van der Waals surface area contributed by atoms with Crippen LogP contribution in [0, 0.1) is 5.82 Å². The van der Waals surface area contributed by atoms with Gasteiger partial charge in [-0.25, -0.2) is 9.18 Å². The van der Waals surface area contributed by atoms with Crippen LogP contribution in [0.5, 0.6) is 0 Å². The largest absolute Gasteiger partial charge is 0.338 e. The number of likely N-dealkylation sites (tertiary alicyclic amines) is 1. The average Bonchev–Trinajstić information content (AvgIpc) is 3.05. The number of urea groups is 1. The van der Waals surface area contributed by atoms with Crippen molar-refractivity contribution in [1.82, 2.24) is 10.2 Å². The van der Waals surface area contributed by atoms with E-state index in [1.54, 1.807) is 6.07 Å². The molecule has 3 rings (SSSR count). The summed E-state index contributed by atoms with van der Waals surface area (Å²) < 4.78 is 13.4. The second-order valence-corrected chi connectivity index (χ2v) is 5.87. The molecule has 1 atom stereocenters. The van der Waals surface area contributed by atoms with E-state index >= 15 is 0 Å². The van der Waals surface area contributed by atoms with E-state index in [0.29, 0.717) is 6.54 Å². The molecule has 1 saturated heterocycles. The maximum Gasteiger partial charge on any atom is 0.317 e. The van der Waals surface area contributed by atoms with Gasteiger partial charge in [-0.3, -0.25) is 0 Å². The average molecular weight is 312 g/mol. The van der Waals surface area contributed by atoms with Crippen LogP contribution in [0.25, 0.3) is 0 Å². The minimum absolute atomic E-state index is 0.0255. The first-order valence-corrected chi connectivity index (χ1v) is 8.08. The quantitative estimate of drug-likeness (QED) is 0.912. The first kappa shape index (κ1) is 15.5. The maximum atomic E-state index is 13.4. The molecule has 0 radical (unpaired) electrons. The highest BCUT2D eigenvalue weighted by Gasteiger charge is 2.29. The third-order valence-electron chi connectivity index (χ3n) is 4.28. The fraction of sp³-hybridized carbons (Fsp3) is 0.316. The molecule has 120 valence electrons. The van der Waals surface area contributed by atoms with E-state index in [1.807, 2.05) is 29.2 Å². The molecule has 1 aliphatic rings. The molecule has 23 heavy (non-hydrogen) atoms. The van der Waals surface area contributed by atoms with Crippen LogP contribution < -0.4 is 5.32 Å². The Morgan fingerprint density at radius 3 is 2.78 bits per heavy atom. The smallest absolute Gasteiger partial charge is 0.317 e. The number of hydrogen-bond donors (Lipinski definition) is 1. The molecule has 2 amide bonds. The van der Waals surface area contributed by atoms with Crippen molar-refractivity contribution in [2.45, 2.75) is 25.3 Å². The molecule has 0 aromatic heterocycles. The maximum absolute atomic E-state index is 13.4. The predicted molar refractivity (Wildman–Crippen MR) is 88.6 cm³/mol. The van der Waals surface area contributed by atoms with Crippen molar-refractivity contribution in [2.75, 3.05) is 13.1 Å². The number of halogens is 1. The van der Waals surface area contributed by atoms with E-state index in [4.69, 9.17) is 0 Å². The van der Waals surface area contributed by atoms with Crippen molar-refractivity contribution in [3.63, 3.8) is 0 Å². The second-order valence-electron chi connectivity index (χ2n) is 5.87. The minimum atomic E-state index is -0.251. The molecule has 0 spiro atoms. The van der Waals surface area contributed by atoms with Crippen molar-refractivity contribution in [3.05, 3.63) is 71.5 Å². The first-order valence-electron chi connectivity index (χ1n) is 8.08. The SMILES string of the molecule is O=C(NCCc1ccccc1)N1CCCC1c1cccc(F)c1. The molecule has 2 aromatic rings. The molecule has 1 N–H and O–H groups in total. The van der Waals surface area contributed by atoms with Gasteiger partial charge in [-0.15, -0.1) is 0 Å². The van der Waals surface area contributed by atoms with Crippen molar-refractivity contribution in [3.8, 4) is 0 Å². The number of hydrogen-bond acceptors (Lipinski definition) is 1. The number of carbonyl (C=O) groups is 1. The molecular formula is C19H21FN2O. The van der Waals surface area contributed by atoms with Gasteiger partial charge in [0.15, 0.2) is 0 Å². The summed E-state index contributed by atoms with van der Waals surface area (Å²) in [7, 11) is 0. The molecule has 1 heterocycles. The third kappa shape index (κ3) is 3.89. The van der Waals surface area contributed by atoms with Crippen LogP contribution in [0.1, 0.15) is 30.0 Å². The Morgan fingerprint density at radius 2 is 2.00 bits per heavy atom. The highest BCUT2D eigenvalue weighted by molar-refractivity contribution is 5.75. The van der Waals surface area contributed by atoms with Crippen molar-refractivity contribution < 1.29 is 9.18 Å². The highest BCUT2D eigenvalue weighted by atomic mass is 19.1. The van der Waals surface area contributed by atoms with Crippen LogP contribution in [0.15, 0.2) is 54.6 Å². The molecule has 0 bridgehead atoms. The lowest BCUT2D eigenvalue weighted by Crippen LogP contribution is -2.40. The highest BCUT2D eigenvalue weighted by Crippen LogP contribution is 2.31. The van der Waals surface area contributed by atoms with Crippen LogP contribution in [-0.2, 0) is 6.42 Å². The van der Waals surface area contributed by atoms with Crippen LogP contribution in [0.4, 0.5) is 9.18 Å². The summed E-state index contributed by atoms with van der Waals surface area (Å²) in [6.07, 6.45) is 2.65. The van der Waals surface area contributed by atoms with Gasteiger partial charge in [0.1, 0.15) is 5.82 Å². The Labute approximate surface area is 136 Å². The van der Waals surface area contributed by atoms with Gasteiger partial charge in [0.25, 0.3) is 0 Å². The summed E-state index contributed by atoms with van der Waals surface area (Å²) in [6, 6.07) is 16.6. The fourth-order valence-electron chi connectivity index (χ4n) is 3.13. The van der Waals surface area contributed by atoms with Crippen molar-refractivity contribution >= 4 is 6.03 Å².